The van der Waals surface area contributed by atoms with E-state index in [4.69, 9.17) is 23.2 Å². The van der Waals surface area contributed by atoms with Crippen molar-refractivity contribution >= 4 is 67.6 Å². The summed E-state index contributed by atoms with van der Waals surface area (Å²) in [6, 6.07) is 3.55. The lowest BCUT2D eigenvalue weighted by Gasteiger charge is -2.19. The number of hydrogen-bond donors (Lipinski definition) is 0. The molecule has 7 heteroatoms. The zero-order valence-corrected chi connectivity index (χ0v) is 14.6. The van der Waals surface area contributed by atoms with Crippen molar-refractivity contribution in [3.63, 3.8) is 0 Å². The first-order valence-electron chi connectivity index (χ1n) is 5.97. The van der Waals surface area contributed by atoms with Gasteiger partial charge < -0.3 is 4.90 Å². The summed E-state index contributed by atoms with van der Waals surface area (Å²) < 4.78 is 0.697. The highest BCUT2D eigenvalue weighted by Crippen LogP contribution is 2.40. The predicted octanol–water partition coefficient (Wildman–Crippen LogP) is 4.39. The van der Waals surface area contributed by atoms with E-state index in [0.717, 1.165) is 0 Å². The lowest BCUT2D eigenvalue weighted by Crippen LogP contribution is -2.25. The van der Waals surface area contributed by atoms with Crippen molar-refractivity contribution in [2.24, 2.45) is 5.92 Å². The number of halogens is 3. The highest BCUT2D eigenvalue weighted by molar-refractivity contribution is 9.10. The quantitative estimate of drug-likeness (QED) is 0.711. The van der Waals surface area contributed by atoms with Gasteiger partial charge in [-0.05, 0) is 34.0 Å². The molecule has 1 amide bonds. The topological polar surface area (TPSA) is 37.4 Å². The summed E-state index contributed by atoms with van der Waals surface area (Å²) in [7, 11) is 0. The first-order chi connectivity index (χ1) is 9.40. The van der Waals surface area contributed by atoms with E-state index in [0.29, 0.717) is 38.9 Å². The van der Waals surface area contributed by atoms with Crippen molar-refractivity contribution in [1.29, 1.82) is 0 Å². The van der Waals surface area contributed by atoms with Crippen molar-refractivity contribution in [3.05, 3.63) is 26.7 Å². The SMILES string of the molecule is CC(=O)SCC1CC(=O)N(c2ccc(Br)c(Cl)c2Cl)C1. The molecule has 0 saturated carbocycles. The Morgan fingerprint density at radius 3 is 2.80 bits per heavy atom. The molecule has 0 bridgehead atoms. The third-order valence-corrected chi connectivity index (χ3v) is 5.84. The molecule has 20 heavy (non-hydrogen) atoms. The largest absolute Gasteiger partial charge is 0.311 e. The molecule has 1 heterocycles. The summed E-state index contributed by atoms with van der Waals surface area (Å²) in [6.07, 6.45) is 0.435. The van der Waals surface area contributed by atoms with Crippen molar-refractivity contribution in [2.75, 3.05) is 17.2 Å². The van der Waals surface area contributed by atoms with Crippen LogP contribution in [0.2, 0.25) is 10.0 Å². The molecule has 1 aliphatic heterocycles. The monoisotopic (exact) mass is 395 g/mol. The number of carbonyl (C=O) groups is 2. The molecule has 1 aromatic carbocycles. The second-order valence-corrected chi connectivity index (χ2v) is 7.38. The van der Waals surface area contributed by atoms with Gasteiger partial charge in [0.05, 0.1) is 15.7 Å². The van der Waals surface area contributed by atoms with Crippen molar-refractivity contribution in [3.8, 4) is 0 Å². The first-order valence-corrected chi connectivity index (χ1v) is 8.50. The summed E-state index contributed by atoms with van der Waals surface area (Å²) in [5.74, 6) is 0.828. The summed E-state index contributed by atoms with van der Waals surface area (Å²) in [5.41, 5.74) is 0.625. The van der Waals surface area contributed by atoms with Crippen LogP contribution in [0.15, 0.2) is 16.6 Å². The Kier molecular flexibility index (Phi) is 5.40. The van der Waals surface area contributed by atoms with Gasteiger partial charge >= 0.3 is 0 Å². The molecule has 1 fully saturated rings. The van der Waals surface area contributed by atoms with Gasteiger partial charge in [-0.2, -0.15) is 0 Å². The number of carbonyl (C=O) groups excluding carboxylic acids is 2. The lowest BCUT2D eigenvalue weighted by atomic mass is 10.1. The number of benzene rings is 1. The minimum atomic E-state index is 0.0134. The van der Waals surface area contributed by atoms with Gasteiger partial charge in [-0.1, -0.05) is 35.0 Å². The number of anilines is 1. The highest BCUT2D eigenvalue weighted by atomic mass is 79.9. The molecule has 0 radical (unpaired) electrons. The summed E-state index contributed by atoms with van der Waals surface area (Å²) in [5, 5.41) is 0.841. The zero-order chi connectivity index (χ0) is 14.9. The minimum absolute atomic E-state index is 0.0134. The lowest BCUT2D eigenvalue weighted by molar-refractivity contribution is -0.117. The molecule has 0 aliphatic carbocycles. The van der Waals surface area contributed by atoms with Gasteiger partial charge in [-0.25, -0.2) is 0 Å². The van der Waals surface area contributed by atoms with Crippen molar-refractivity contribution in [2.45, 2.75) is 13.3 Å². The molecule has 3 nitrogen and oxygen atoms in total. The zero-order valence-electron chi connectivity index (χ0n) is 10.7. The first kappa shape index (κ1) is 16.1. The Bertz CT molecular complexity index is 568. The van der Waals surface area contributed by atoms with Gasteiger partial charge in [0, 0.05) is 30.1 Å². The molecule has 0 N–H and O–H groups in total. The summed E-state index contributed by atoms with van der Waals surface area (Å²) >= 11 is 16.8. The van der Waals surface area contributed by atoms with Gasteiger partial charge in [0.1, 0.15) is 0 Å². The summed E-state index contributed by atoms with van der Waals surface area (Å²) in [6.45, 7) is 2.10. The normalized spacial score (nSPS) is 18.7. The molecule has 0 aromatic heterocycles. The van der Waals surface area contributed by atoms with E-state index in [9.17, 15) is 9.59 Å². The highest BCUT2D eigenvalue weighted by Gasteiger charge is 2.32. The minimum Gasteiger partial charge on any atom is -0.311 e. The average Bonchev–Trinajstić information content (AvgIpc) is 2.75. The number of amides is 1. The fourth-order valence-electron chi connectivity index (χ4n) is 2.09. The summed E-state index contributed by atoms with van der Waals surface area (Å²) in [4.78, 5) is 24.7. The van der Waals surface area contributed by atoms with E-state index >= 15 is 0 Å². The molecule has 0 spiro atoms. The van der Waals surface area contributed by atoms with Crippen LogP contribution in [0.5, 0.6) is 0 Å². The van der Waals surface area contributed by atoms with Crippen LogP contribution in [0.1, 0.15) is 13.3 Å². The molecule has 1 aliphatic rings. The number of nitrogens with zero attached hydrogens (tertiary/aromatic N) is 1. The van der Waals surface area contributed by atoms with E-state index in [1.807, 2.05) is 0 Å². The predicted molar refractivity (Wildman–Crippen MR) is 87.8 cm³/mol. The molecule has 1 atom stereocenters. The standard InChI is InChI=1S/C13H12BrCl2NO2S/c1-7(18)20-6-8-4-11(19)17(5-8)10-3-2-9(14)12(15)13(10)16/h2-3,8H,4-6H2,1H3. The van der Waals surface area contributed by atoms with Crippen LogP contribution in [0.3, 0.4) is 0 Å². The number of rotatable bonds is 3. The van der Waals surface area contributed by atoms with Gasteiger partial charge in [0.15, 0.2) is 5.12 Å². The second-order valence-electron chi connectivity index (χ2n) is 4.57. The van der Waals surface area contributed by atoms with E-state index in [1.54, 1.807) is 17.0 Å². The average molecular weight is 397 g/mol. The number of hydrogen-bond acceptors (Lipinski definition) is 3. The van der Waals surface area contributed by atoms with Gasteiger partial charge in [-0.15, -0.1) is 0 Å². The Hall–Kier alpha value is -0.230. The molecular formula is C13H12BrCl2NO2S. The Morgan fingerprint density at radius 1 is 1.45 bits per heavy atom. The number of thioether (sulfide) groups is 1. The van der Waals surface area contributed by atoms with Crippen LogP contribution in [-0.2, 0) is 9.59 Å². The van der Waals surface area contributed by atoms with Gasteiger partial charge in [0.2, 0.25) is 5.91 Å². The van der Waals surface area contributed by atoms with E-state index in [-0.39, 0.29) is 16.9 Å². The molecule has 2 rings (SSSR count). The molecule has 1 aromatic rings. The maximum absolute atomic E-state index is 12.1. The third-order valence-electron chi connectivity index (χ3n) is 3.03. The van der Waals surface area contributed by atoms with Crippen molar-refractivity contribution < 1.29 is 9.59 Å². The van der Waals surface area contributed by atoms with E-state index in [1.165, 1.54) is 18.7 Å². The molecule has 1 unspecified atom stereocenters. The van der Waals surface area contributed by atoms with E-state index < -0.39 is 0 Å². The second kappa shape index (κ2) is 6.69. The fraction of sp³-hybridized carbons (Fsp3) is 0.385. The van der Waals surface area contributed by atoms with Gasteiger partial charge in [-0.3, -0.25) is 9.59 Å². The molecular weight excluding hydrogens is 385 g/mol. The third kappa shape index (κ3) is 3.50. The Balaban J connectivity index is 2.16. The maximum atomic E-state index is 12.1. The van der Waals surface area contributed by atoms with Crippen LogP contribution in [0, 0.1) is 5.92 Å². The van der Waals surface area contributed by atoms with Crippen LogP contribution in [0.25, 0.3) is 0 Å². The fourth-order valence-corrected chi connectivity index (χ4v) is 3.65. The smallest absolute Gasteiger partial charge is 0.227 e. The molecule has 108 valence electrons. The maximum Gasteiger partial charge on any atom is 0.227 e. The van der Waals surface area contributed by atoms with E-state index in [2.05, 4.69) is 15.9 Å². The van der Waals surface area contributed by atoms with Crippen molar-refractivity contribution in [1.82, 2.24) is 0 Å². The van der Waals surface area contributed by atoms with Crippen LogP contribution < -0.4 is 4.90 Å². The van der Waals surface area contributed by atoms with Crippen LogP contribution >= 0.6 is 50.9 Å². The van der Waals surface area contributed by atoms with Crippen LogP contribution in [0.4, 0.5) is 5.69 Å². The molecule has 1 saturated heterocycles. The Morgan fingerprint density at radius 2 is 2.15 bits per heavy atom. The van der Waals surface area contributed by atoms with Gasteiger partial charge in [0.25, 0.3) is 0 Å². The van der Waals surface area contributed by atoms with Crippen LogP contribution in [-0.4, -0.2) is 23.3 Å². The Labute approximate surface area is 140 Å².